The minimum atomic E-state index is -0.468. The van der Waals surface area contributed by atoms with E-state index in [-0.39, 0.29) is 18.9 Å². The molecule has 5 rings (SSSR count). The second kappa shape index (κ2) is 8.59. The first kappa shape index (κ1) is 20.5. The predicted octanol–water partition coefficient (Wildman–Crippen LogP) is 4.07. The van der Waals surface area contributed by atoms with E-state index in [0.29, 0.717) is 16.6 Å². The van der Waals surface area contributed by atoms with Gasteiger partial charge in [-0.25, -0.2) is 4.79 Å². The molecule has 0 radical (unpaired) electrons. The van der Waals surface area contributed by atoms with Gasteiger partial charge in [0, 0.05) is 5.69 Å². The van der Waals surface area contributed by atoms with Crippen molar-refractivity contribution in [1.82, 2.24) is 9.55 Å². The second-order valence-corrected chi connectivity index (χ2v) is 7.97. The molecule has 0 aliphatic heterocycles. The van der Waals surface area contributed by atoms with Crippen LogP contribution < -0.4 is 16.6 Å². The Morgan fingerprint density at radius 2 is 1.58 bits per heavy atom. The summed E-state index contributed by atoms with van der Waals surface area (Å²) in [5, 5.41) is 5.64. The third-order valence-electron chi connectivity index (χ3n) is 5.64. The molecule has 33 heavy (non-hydrogen) atoms. The number of aromatic amines is 1. The molecule has 4 aromatic carbocycles. The molecule has 1 heterocycles. The van der Waals surface area contributed by atoms with E-state index in [1.807, 2.05) is 66.7 Å². The predicted molar refractivity (Wildman–Crippen MR) is 131 cm³/mol. The van der Waals surface area contributed by atoms with Crippen molar-refractivity contribution in [3.63, 3.8) is 0 Å². The Kier molecular flexibility index (Phi) is 5.32. The normalized spacial score (nSPS) is 11.0. The molecule has 2 N–H and O–H groups in total. The molecular formula is C27H21N3O3. The zero-order valence-electron chi connectivity index (χ0n) is 17.7. The molecule has 6 nitrogen and oxygen atoms in total. The van der Waals surface area contributed by atoms with E-state index in [2.05, 4.69) is 10.3 Å². The van der Waals surface area contributed by atoms with Gasteiger partial charge in [-0.05, 0) is 46.2 Å². The van der Waals surface area contributed by atoms with E-state index in [0.717, 1.165) is 21.9 Å². The maximum Gasteiger partial charge on any atom is 0.329 e. The lowest BCUT2D eigenvalue weighted by Gasteiger charge is -2.11. The van der Waals surface area contributed by atoms with Gasteiger partial charge < -0.3 is 5.32 Å². The number of carbonyl (C=O) groups excluding carboxylic acids is 1. The van der Waals surface area contributed by atoms with E-state index in [4.69, 9.17) is 0 Å². The van der Waals surface area contributed by atoms with Crippen molar-refractivity contribution in [1.29, 1.82) is 0 Å². The fraction of sp³-hybridized carbons (Fsp3) is 0.0741. The highest BCUT2D eigenvalue weighted by atomic mass is 16.2. The van der Waals surface area contributed by atoms with Crippen LogP contribution in [0.3, 0.4) is 0 Å². The summed E-state index contributed by atoms with van der Waals surface area (Å²) in [5.41, 5.74) is 2.12. The third-order valence-corrected chi connectivity index (χ3v) is 5.64. The number of benzene rings is 4. The van der Waals surface area contributed by atoms with Gasteiger partial charge in [-0.1, -0.05) is 66.7 Å². The minimum Gasteiger partial charge on any atom is -0.326 e. The minimum absolute atomic E-state index is 0.117. The van der Waals surface area contributed by atoms with E-state index in [1.54, 1.807) is 24.3 Å². The highest BCUT2D eigenvalue weighted by Crippen LogP contribution is 2.18. The SMILES string of the molecule is O=C(Cc1ccc2ccccc2c1)Nc1cccc(Cn2c(=O)[nH]c(=O)c3ccccc32)c1. The van der Waals surface area contributed by atoms with Crippen LogP contribution in [-0.4, -0.2) is 15.5 Å². The Balaban J connectivity index is 1.35. The van der Waals surface area contributed by atoms with Crippen LogP contribution in [0, 0.1) is 0 Å². The van der Waals surface area contributed by atoms with Gasteiger partial charge in [-0.15, -0.1) is 0 Å². The fourth-order valence-electron chi connectivity index (χ4n) is 4.07. The number of carbonyl (C=O) groups is 1. The number of H-pyrrole nitrogens is 1. The molecule has 0 fully saturated rings. The lowest BCUT2D eigenvalue weighted by molar-refractivity contribution is -0.115. The van der Waals surface area contributed by atoms with Gasteiger partial charge in [-0.3, -0.25) is 19.1 Å². The van der Waals surface area contributed by atoms with Gasteiger partial charge in [0.25, 0.3) is 5.56 Å². The molecule has 1 aromatic heterocycles. The molecule has 162 valence electrons. The number of nitrogens with zero attached hydrogens (tertiary/aromatic N) is 1. The van der Waals surface area contributed by atoms with Crippen LogP contribution in [0.15, 0.2) is 101 Å². The standard InChI is InChI=1S/C27H21N3O3/c31-25(16-18-12-13-20-7-1-2-8-21(20)14-18)28-22-9-5-6-19(15-22)17-30-24-11-4-3-10-23(24)26(32)29-27(30)33/h1-15H,16-17H2,(H,28,31)(H,29,32,33). The Bertz CT molecular complexity index is 1610. The monoisotopic (exact) mass is 435 g/mol. The highest BCUT2D eigenvalue weighted by Gasteiger charge is 2.09. The molecule has 0 saturated carbocycles. The molecule has 0 spiro atoms. The van der Waals surface area contributed by atoms with Crippen LogP contribution in [0.4, 0.5) is 5.69 Å². The van der Waals surface area contributed by atoms with Crippen LogP contribution in [0.5, 0.6) is 0 Å². The van der Waals surface area contributed by atoms with Gasteiger partial charge in [0.2, 0.25) is 5.91 Å². The largest absolute Gasteiger partial charge is 0.329 e. The highest BCUT2D eigenvalue weighted by molar-refractivity contribution is 5.93. The lowest BCUT2D eigenvalue weighted by Crippen LogP contribution is -2.30. The van der Waals surface area contributed by atoms with E-state index < -0.39 is 11.2 Å². The number of anilines is 1. The van der Waals surface area contributed by atoms with Crippen LogP contribution in [0.1, 0.15) is 11.1 Å². The van der Waals surface area contributed by atoms with Crippen LogP contribution in [-0.2, 0) is 17.8 Å². The average molecular weight is 435 g/mol. The third kappa shape index (κ3) is 4.32. The number of rotatable bonds is 5. The van der Waals surface area contributed by atoms with Crippen molar-refractivity contribution in [2.75, 3.05) is 5.32 Å². The second-order valence-electron chi connectivity index (χ2n) is 7.97. The molecule has 1 amide bonds. The van der Waals surface area contributed by atoms with Crippen LogP contribution >= 0.6 is 0 Å². The lowest BCUT2D eigenvalue weighted by atomic mass is 10.0. The van der Waals surface area contributed by atoms with E-state index in [1.165, 1.54) is 4.57 Å². The number of fused-ring (bicyclic) bond motifs is 2. The van der Waals surface area contributed by atoms with Crippen molar-refractivity contribution >= 4 is 33.3 Å². The topological polar surface area (TPSA) is 84.0 Å². The quantitative estimate of drug-likeness (QED) is 0.436. The van der Waals surface area contributed by atoms with Crippen molar-refractivity contribution in [3.05, 3.63) is 123 Å². The van der Waals surface area contributed by atoms with E-state index >= 15 is 0 Å². The maximum absolute atomic E-state index is 12.6. The Morgan fingerprint density at radius 1 is 0.788 bits per heavy atom. The number of amides is 1. The Hall–Kier alpha value is -4.45. The molecule has 0 bridgehead atoms. The first-order chi connectivity index (χ1) is 16.1. The number of para-hydroxylation sites is 1. The van der Waals surface area contributed by atoms with Gasteiger partial charge in [0.1, 0.15) is 0 Å². The zero-order chi connectivity index (χ0) is 22.8. The molecule has 0 unspecified atom stereocenters. The molecule has 0 aliphatic carbocycles. The summed E-state index contributed by atoms with van der Waals surface area (Å²) in [6.45, 7) is 0.268. The molecule has 6 heteroatoms. The fourth-order valence-corrected chi connectivity index (χ4v) is 4.07. The molecular weight excluding hydrogens is 414 g/mol. The van der Waals surface area contributed by atoms with Gasteiger partial charge >= 0.3 is 5.69 Å². The van der Waals surface area contributed by atoms with Crippen LogP contribution in [0.2, 0.25) is 0 Å². The molecule has 0 atom stereocenters. The smallest absolute Gasteiger partial charge is 0.326 e. The summed E-state index contributed by atoms with van der Waals surface area (Å²) in [5.74, 6) is -0.117. The molecule has 0 saturated heterocycles. The van der Waals surface area contributed by atoms with Crippen molar-refractivity contribution in [2.24, 2.45) is 0 Å². The van der Waals surface area contributed by atoms with Crippen molar-refractivity contribution in [3.8, 4) is 0 Å². The maximum atomic E-state index is 12.6. The summed E-state index contributed by atoms with van der Waals surface area (Å²) in [6, 6.07) is 28.4. The summed E-state index contributed by atoms with van der Waals surface area (Å²) < 4.78 is 1.52. The summed E-state index contributed by atoms with van der Waals surface area (Å²) in [7, 11) is 0. The number of hydrogen-bond acceptors (Lipinski definition) is 3. The first-order valence-corrected chi connectivity index (χ1v) is 10.7. The van der Waals surface area contributed by atoms with Crippen LogP contribution in [0.25, 0.3) is 21.7 Å². The molecule has 0 aliphatic rings. The average Bonchev–Trinajstić information content (AvgIpc) is 2.82. The number of hydrogen-bond donors (Lipinski definition) is 2. The zero-order valence-corrected chi connectivity index (χ0v) is 17.7. The van der Waals surface area contributed by atoms with Gasteiger partial charge in [-0.2, -0.15) is 0 Å². The first-order valence-electron chi connectivity index (χ1n) is 10.7. The summed E-state index contributed by atoms with van der Waals surface area (Å²) in [4.78, 5) is 39.6. The van der Waals surface area contributed by atoms with Gasteiger partial charge in [0.15, 0.2) is 0 Å². The molecule has 5 aromatic rings. The Morgan fingerprint density at radius 3 is 2.45 bits per heavy atom. The number of aromatic nitrogens is 2. The Labute approximate surface area is 189 Å². The van der Waals surface area contributed by atoms with Crippen molar-refractivity contribution < 1.29 is 4.79 Å². The summed E-state index contributed by atoms with van der Waals surface area (Å²) in [6.07, 6.45) is 0.263. The number of nitrogens with one attached hydrogen (secondary N) is 2. The van der Waals surface area contributed by atoms with Crippen molar-refractivity contribution in [2.45, 2.75) is 13.0 Å². The van der Waals surface area contributed by atoms with E-state index in [9.17, 15) is 14.4 Å². The van der Waals surface area contributed by atoms with Gasteiger partial charge in [0.05, 0.1) is 23.9 Å². The summed E-state index contributed by atoms with van der Waals surface area (Å²) >= 11 is 0.